The number of Topliss-reactive ketones (excluding diaryl/α,β-unsaturated/α-hetero) is 1. The van der Waals surface area contributed by atoms with Crippen molar-refractivity contribution >= 4 is 17.7 Å². The maximum Gasteiger partial charge on any atom is 0.376 e. The van der Waals surface area contributed by atoms with Crippen LogP contribution in [0.2, 0.25) is 0 Å². The fourth-order valence-electron chi connectivity index (χ4n) is 3.49. The van der Waals surface area contributed by atoms with Gasteiger partial charge in [-0.3, -0.25) is 4.79 Å². The van der Waals surface area contributed by atoms with Crippen molar-refractivity contribution in [1.82, 2.24) is 0 Å². The molecule has 2 unspecified atom stereocenters. The molecule has 5 nitrogen and oxygen atoms in total. The van der Waals surface area contributed by atoms with Crippen molar-refractivity contribution in [2.45, 2.75) is 31.8 Å². The number of carbonyl (C=O) groups excluding carboxylic acids is 3. The molecule has 140 valence electrons. The number of benzene rings is 2. The highest BCUT2D eigenvalue weighted by molar-refractivity contribution is 6.38. The van der Waals surface area contributed by atoms with Crippen molar-refractivity contribution in [1.29, 1.82) is 0 Å². The number of carbonyl (C=O) groups is 3. The molecule has 0 aliphatic carbocycles. The van der Waals surface area contributed by atoms with Crippen LogP contribution in [-0.4, -0.2) is 29.9 Å². The normalized spacial score (nSPS) is 21.7. The van der Waals surface area contributed by atoms with Crippen molar-refractivity contribution in [3.05, 3.63) is 71.8 Å². The quantitative estimate of drug-likeness (QED) is 0.557. The average molecular weight is 366 g/mol. The lowest BCUT2D eigenvalue weighted by Gasteiger charge is -2.30. The highest BCUT2D eigenvalue weighted by Gasteiger charge is 2.60. The minimum absolute atomic E-state index is 0.149. The second-order valence-electron chi connectivity index (χ2n) is 6.59. The topological polar surface area (TPSA) is 69.7 Å². The predicted molar refractivity (Wildman–Crippen MR) is 98.9 cm³/mol. The molecule has 0 radical (unpaired) electrons. The van der Waals surface area contributed by atoms with Gasteiger partial charge < -0.3 is 9.47 Å². The van der Waals surface area contributed by atoms with Crippen molar-refractivity contribution in [2.24, 2.45) is 5.92 Å². The van der Waals surface area contributed by atoms with Crippen molar-refractivity contribution in [2.75, 3.05) is 6.61 Å². The average Bonchev–Trinajstić information content (AvgIpc) is 2.94. The molecule has 0 amide bonds. The number of hydrogen-bond donors (Lipinski definition) is 0. The molecule has 1 aliphatic rings. The van der Waals surface area contributed by atoms with E-state index in [4.69, 9.17) is 9.47 Å². The second kappa shape index (κ2) is 8.16. The van der Waals surface area contributed by atoms with Gasteiger partial charge in [0.25, 0.3) is 0 Å². The molecule has 5 heteroatoms. The zero-order chi connectivity index (χ0) is 19.3. The van der Waals surface area contributed by atoms with Gasteiger partial charge in [0.05, 0.1) is 12.5 Å². The Morgan fingerprint density at radius 2 is 1.59 bits per heavy atom. The number of rotatable bonds is 7. The summed E-state index contributed by atoms with van der Waals surface area (Å²) in [5, 5.41) is 0. The highest BCUT2D eigenvalue weighted by Crippen LogP contribution is 2.38. The van der Waals surface area contributed by atoms with Crippen molar-refractivity contribution in [3.63, 3.8) is 0 Å². The van der Waals surface area contributed by atoms with Crippen LogP contribution in [-0.2, 0) is 36.7 Å². The van der Waals surface area contributed by atoms with E-state index in [0.717, 1.165) is 11.1 Å². The van der Waals surface area contributed by atoms with Gasteiger partial charge in [-0.25, -0.2) is 9.59 Å². The Hall–Kier alpha value is -2.95. The van der Waals surface area contributed by atoms with E-state index in [1.165, 1.54) is 0 Å². The minimum Gasteiger partial charge on any atom is -0.463 e. The van der Waals surface area contributed by atoms with Crippen LogP contribution in [0.15, 0.2) is 60.7 Å². The van der Waals surface area contributed by atoms with Gasteiger partial charge in [-0.1, -0.05) is 60.7 Å². The number of esters is 2. The maximum atomic E-state index is 12.8. The first-order chi connectivity index (χ1) is 13.1. The summed E-state index contributed by atoms with van der Waals surface area (Å²) in [5.74, 6) is -3.17. The van der Waals surface area contributed by atoms with Gasteiger partial charge in [-0.2, -0.15) is 0 Å². The monoisotopic (exact) mass is 366 g/mol. The van der Waals surface area contributed by atoms with Crippen molar-refractivity contribution < 1.29 is 23.9 Å². The van der Waals surface area contributed by atoms with Gasteiger partial charge in [-0.15, -0.1) is 0 Å². The largest absolute Gasteiger partial charge is 0.463 e. The van der Waals surface area contributed by atoms with Crippen LogP contribution < -0.4 is 0 Å². The Kier molecular flexibility index (Phi) is 5.69. The van der Waals surface area contributed by atoms with Crippen LogP contribution in [0.4, 0.5) is 0 Å². The molecule has 2 atom stereocenters. The van der Waals surface area contributed by atoms with Gasteiger partial charge in [0.15, 0.2) is 0 Å². The van der Waals surface area contributed by atoms with Crippen LogP contribution in [0.3, 0.4) is 0 Å². The number of ether oxygens (including phenoxy) is 2. The van der Waals surface area contributed by atoms with E-state index in [1.54, 1.807) is 6.92 Å². The van der Waals surface area contributed by atoms with Crippen LogP contribution >= 0.6 is 0 Å². The third-order valence-corrected chi connectivity index (χ3v) is 4.89. The fourth-order valence-corrected chi connectivity index (χ4v) is 3.49. The van der Waals surface area contributed by atoms with Crippen molar-refractivity contribution in [3.8, 4) is 0 Å². The standard InChI is InChI=1S/C22H22O5/c1-2-26-21(25)22(14-13-16-9-5-3-6-10-16)18(19(23)20(24)27-22)15-17-11-7-4-8-12-17/h3-12,18H,2,13-15H2,1H3. The summed E-state index contributed by atoms with van der Waals surface area (Å²) >= 11 is 0. The van der Waals surface area contributed by atoms with E-state index in [9.17, 15) is 14.4 Å². The van der Waals surface area contributed by atoms with Gasteiger partial charge in [-0.05, 0) is 30.9 Å². The van der Waals surface area contributed by atoms with Gasteiger partial charge in [0.1, 0.15) is 0 Å². The molecule has 2 aromatic carbocycles. The zero-order valence-electron chi connectivity index (χ0n) is 15.2. The summed E-state index contributed by atoms with van der Waals surface area (Å²) in [4.78, 5) is 37.5. The summed E-state index contributed by atoms with van der Waals surface area (Å²) in [5.41, 5.74) is 0.271. The summed E-state index contributed by atoms with van der Waals surface area (Å²) in [6.45, 7) is 1.84. The first-order valence-corrected chi connectivity index (χ1v) is 9.09. The predicted octanol–water partition coefficient (Wildman–Crippen LogP) is 2.91. The van der Waals surface area contributed by atoms with Gasteiger partial charge >= 0.3 is 11.9 Å². The molecular weight excluding hydrogens is 344 g/mol. The maximum absolute atomic E-state index is 12.8. The van der Waals surface area contributed by atoms with E-state index < -0.39 is 29.2 Å². The van der Waals surface area contributed by atoms with Crippen LogP contribution in [0.1, 0.15) is 24.5 Å². The van der Waals surface area contributed by atoms with E-state index >= 15 is 0 Å². The summed E-state index contributed by atoms with van der Waals surface area (Å²) in [6.07, 6.45) is 0.940. The highest BCUT2D eigenvalue weighted by atomic mass is 16.6. The fraction of sp³-hybridized carbons (Fsp3) is 0.318. The minimum atomic E-state index is -1.59. The summed E-state index contributed by atoms with van der Waals surface area (Å²) in [6, 6.07) is 18.9. The zero-order valence-corrected chi connectivity index (χ0v) is 15.2. The lowest BCUT2D eigenvalue weighted by Crippen LogP contribution is -2.48. The Bertz CT molecular complexity index is 815. The molecule has 2 aromatic rings. The first kappa shape index (κ1) is 18.8. The molecule has 3 rings (SSSR count). The number of ketones is 1. The third-order valence-electron chi connectivity index (χ3n) is 4.89. The molecule has 0 N–H and O–H groups in total. The number of cyclic esters (lactones) is 1. The van der Waals surface area contributed by atoms with E-state index in [0.29, 0.717) is 6.42 Å². The molecule has 1 aliphatic heterocycles. The molecule has 0 bridgehead atoms. The molecule has 27 heavy (non-hydrogen) atoms. The molecule has 0 aromatic heterocycles. The Balaban J connectivity index is 1.93. The summed E-state index contributed by atoms with van der Waals surface area (Å²) < 4.78 is 10.6. The number of hydrogen-bond acceptors (Lipinski definition) is 5. The Labute approximate surface area is 158 Å². The van der Waals surface area contributed by atoms with E-state index in [-0.39, 0.29) is 19.4 Å². The van der Waals surface area contributed by atoms with Gasteiger partial charge in [0.2, 0.25) is 11.4 Å². The molecule has 0 saturated carbocycles. The molecular formula is C22H22O5. The number of aryl methyl sites for hydroxylation is 1. The summed E-state index contributed by atoms with van der Waals surface area (Å²) in [7, 11) is 0. The lowest BCUT2D eigenvalue weighted by atomic mass is 9.78. The van der Waals surface area contributed by atoms with E-state index in [1.807, 2.05) is 60.7 Å². The second-order valence-corrected chi connectivity index (χ2v) is 6.59. The molecule has 1 fully saturated rings. The van der Waals surface area contributed by atoms with E-state index in [2.05, 4.69) is 0 Å². The third kappa shape index (κ3) is 3.92. The van der Waals surface area contributed by atoms with Crippen LogP contribution in [0.25, 0.3) is 0 Å². The Morgan fingerprint density at radius 1 is 1.00 bits per heavy atom. The van der Waals surface area contributed by atoms with Gasteiger partial charge in [0, 0.05) is 6.42 Å². The smallest absolute Gasteiger partial charge is 0.376 e. The molecule has 1 saturated heterocycles. The molecule has 0 spiro atoms. The first-order valence-electron chi connectivity index (χ1n) is 9.09. The Morgan fingerprint density at radius 3 is 2.19 bits per heavy atom. The molecule has 1 heterocycles. The van der Waals surface area contributed by atoms with Crippen LogP contribution in [0, 0.1) is 5.92 Å². The SMILES string of the molecule is CCOC(=O)C1(CCc2ccccc2)OC(=O)C(=O)C1Cc1ccccc1. The van der Waals surface area contributed by atoms with Crippen LogP contribution in [0.5, 0.6) is 0 Å². The lowest BCUT2D eigenvalue weighted by molar-refractivity contribution is -0.178.